The van der Waals surface area contributed by atoms with E-state index >= 15 is 0 Å². The van der Waals surface area contributed by atoms with E-state index in [0.29, 0.717) is 41.0 Å². The fourth-order valence-electron chi connectivity index (χ4n) is 3.17. The number of carbonyl (C=O) groups is 1. The van der Waals surface area contributed by atoms with Crippen molar-refractivity contribution in [2.75, 3.05) is 18.4 Å². The number of hydrogen-bond donors (Lipinski definition) is 2. The van der Waals surface area contributed by atoms with Crippen molar-refractivity contribution in [2.24, 2.45) is 0 Å². The summed E-state index contributed by atoms with van der Waals surface area (Å²) in [5.74, 6) is 1.42. The lowest BCUT2D eigenvalue weighted by Gasteiger charge is -2.12. The number of anilines is 1. The van der Waals surface area contributed by atoms with Gasteiger partial charge in [-0.3, -0.25) is 4.79 Å². The molecule has 7 nitrogen and oxygen atoms in total. The highest BCUT2D eigenvalue weighted by atomic mass is 35.5. The molecule has 31 heavy (non-hydrogen) atoms. The van der Waals surface area contributed by atoms with Gasteiger partial charge in [-0.1, -0.05) is 55.8 Å². The molecule has 0 aliphatic carbocycles. The fourth-order valence-corrected chi connectivity index (χ4v) is 3.38. The topological polar surface area (TPSA) is 84.7 Å². The fraction of sp³-hybridized carbons (Fsp3) is 0.217. The average Bonchev–Trinajstić information content (AvgIpc) is 3.21. The molecule has 0 bridgehead atoms. The molecule has 8 heteroatoms. The number of nitrogens with one attached hydrogen (secondary N) is 2. The summed E-state index contributed by atoms with van der Waals surface area (Å²) in [6.45, 7) is 5.05. The van der Waals surface area contributed by atoms with Gasteiger partial charge in [-0.15, -0.1) is 0 Å². The van der Waals surface area contributed by atoms with Gasteiger partial charge in [0.1, 0.15) is 11.6 Å². The molecule has 4 rings (SSSR count). The van der Waals surface area contributed by atoms with Crippen molar-refractivity contribution in [1.29, 1.82) is 0 Å². The normalized spacial score (nSPS) is 11.1. The molecule has 2 N–H and O–H groups in total. The maximum Gasteiger partial charge on any atom is 0.251 e. The molecule has 0 aliphatic rings. The second-order valence-electron chi connectivity index (χ2n) is 7.38. The van der Waals surface area contributed by atoms with Crippen LogP contribution in [-0.4, -0.2) is 38.7 Å². The Labute approximate surface area is 185 Å². The first-order valence-electron chi connectivity index (χ1n) is 10.1. The van der Waals surface area contributed by atoms with Crippen molar-refractivity contribution >= 4 is 34.4 Å². The zero-order valence-electron chi connectivity index (χ0n) is 17.3. The third-order valence-corrected chi connectivity index (χ3v) is 5.10. The summed E-state index contributed by atoms with van der Waals surface area (Å²) in [5, 5.41) is 12.1. The van der Waals surface area contributed by atoms with Gasteiger partial charge in [0.05, 0.1) is 22.3 Å². The van der Waals surface area contributed by atoms with Crippen LogP contribution in [0.4, 0.5) is 5.82 Å². The monoisotopic (exact) mass is 434 g/mol. The van der Waals surface area contributed by atoms with E-state index in [0.717, 1.165) is 11.1 Å². The minimum atomic E-state index is -0.107. The summed E-state index contributed by atoms with van der Waals surface area (Å²) in [6.07, 6.45) is 1.73. The zero-order valence-corrected chi connectivity index (χ0v) is 18.1. The highest BCUT2D eigenvalue weighted by Crippen LogP contribution is 2.27. The van der Waals surface area contributed by atoms with Crippen LogP contribution in [-0.2, 0) is 0 Å². The molecule has 0 radical (unpaired) electrons. The molecule has 0 aliphatic heterocycles. The van der Waals surface area contributed by atoms with Crippen molar-refractivity contribution in [3.05, 3.63) is 77.2 Å². The quantitative estimate of drug-likeness (QED) is 0.420. The van der Waals surface area contributed by atoms with Crippen LogP contribution in [0.5, 0.6) is 0 Å². The van der Waals surface area contributed by atoms with Crippen LogP contribution in [0.3, 0.4) is 0 Å². The van der Waals surface area contributed by atoms with Gasteiger partial charge in [0.25, 0.3) is 5.91 Å². The lowest BCUT2D eigenvalue weighted by molar-refractivity contribution is 0.0955. The number of fused-ring (bicyclic) bond motifs is 1. The van der Waals surface area contributed by atoms with Gasteiger partial charge in [-0.05, 0) is 24.3 Å². The molecule has 2 aromatic carbocycles. The van der Waals surface area contributed by atoms with Crippen molar-refractivity contribution in [3.8, 4) is 5.69 Å². The first-order chi connectivity index (χ1) is 15.0. The molecular weight excluding hydrogens is 412 g/mol. The third kappa shape index (κ3) is 4.51. The minimum Gasteiger partial charge on any atom is -0.368 e. The number of halogens is 1. The average molecular weight is 435 g/mol. The smallest absolute Gasteiger partial charge is 0.251 e. The van der Waals surface area contributed by atoms with Crippen molar-refractivity contribution < 1.29 is 4.79 Å². The standard InChI is InChI=1S/C23H23ClN6O/c1-15(2)20-28-21(25-12-13-26-23(31)16-8-4-3-5-9-16)17-14-27-30(22(17)29-20)19-11-7-6-10-18(19)24/h3-11,14-15H,12-13H2,1-2H3,(H,26,31)(H,25,28,29). The first-order valence-corrected chi connectivity index (χ1v) is 10.5. The third-order valence-electron chi connectivity index (χ3n) is 4.78. The maximum absolute atomic E-state index is 12.2. The summed E-state index contributed by atoms with van der Waals surface area (Å²) < 4.78 is 1.73. The second kappa shape index (κ2) is 9.14. The van der Waals surface area contributed by atoms with Gasteiger partial charge in [0.2, 0.25) is 0 Å². The highest BCUT2D eigenvalue weighted by Gasteiger charge is 2.16. The molecule has 2 heterocycles. The Hall–Kier alpha value is -3.45. The number of benzene rings is 2. The Bertz CT molecular complexity index is 1210. The Morgan fingerprint density at radius 3 is 2.52 bits per heavy atom. The lowest BCUT2D eigenvalue weighted by atomic mass is 10.2. The molecule has 0 atom stereocenters. The van der Waals surface area contributed by atoms with E-state index < -0.39 is 0 Å². The van der Waals surface area contributed by atoms with Gasteiger partial charge in [-0.2, -0.15) is 5.10 Å². The van der Waals surface area contributed by atoms with Gasteiger partial charge in [0, 0.05) is 24.6 Å². The summed E-state index contributed by atoms with van der Waals surface area (Å²) in [4.78, 5) is 21.6. The number of carbonyl (C=O) groups excluding carboxylic acids is 1. The first kappa shape index (κ1) is 20.8. The van der Waals surface area contributed by atoms with E-state index in [1.807, 2.05) is 56.3 Å². The SMILES string of the molecule is CC(C)c1nc(NCCNC(=O)c2ccccc2)c2cnn(-c3ccccc3Cl)c2n1. The van der Waals surface area contributed by atoms with Crippen molar-refractivity contribution in [3.63, 3.8) is 0 Å². The van der Waals surface area contributed by atoms with Crippen molar-refractivity contribution in [1.82, 2.24) is 25.1 Å². The highest BCUT2D eigenvalue weighted by molar-refractivity contribution is 6.32. The summed E-state index contributed by atoms with van der Waals surface area (Å²) >= 11 is 6.38. The molecule has 158 valence electrons. The number of para-hydroxylation sites is 1. The van der Waals surface area contributed by atoms with Gasteiger partial charge in [-0.25, -0.2) is 14.6 Å². The van der Waals surface area contributed by atoms with Gasteiger partial charge < -0.3 is 10.6 Å². The lowest BCUT2D eigenvalue weighted by Crippen LogP contribution is -2.29. The Morgan fingerprint density at radius 2 is 1.77 bits per heavy atom. The van der Waals surface area contributed by atoms with E-state index in [1.54, 1.807) is 23.0 Å². The van der Waals surface area contributed by atoms with Crippen LogP contribution in [0.25, 0.3) is 16.7 Å². The van der Waals surface area contributed by atoms with Gasteiger partial charge in [0.15, 0.2) is 5.65 Å². The molecule has 2 aromatic heterocycles. The van der Waals surface area contributed by atoms with Crippen LogP contribution >= 0.6 is 11.6 Å². The number of aromatic nitrogens is 4. The number of hydrogen-bond acceptors (Lipinski definition) is 5. The number of rotatable bonds is 7. The van der Waals surface area contributed by atoms with Crippen molar-refractivity contribution in [2.45, 2.75) is 19.8 Å². The van der Waals surface area contributed by atoms with E-state index in [-0.39, 0.29) is 11.8 Å². The molecule has 4 aromatic rings. The summed E-state index contributed by atoms with van der Waals surface area (Å²) in [7, 11) is 0. The minimum absolute atomic E-state index is 0.107. The molecule has 0 spiro atoms. The van der Waals surface area contributed by atoms with Crippen LogP contribution < -0.4 is 10.6 Å². The summed E-state index contributed by atoms with van der Waals surface area (Å²) in [6, 6.07) is 16.7. The van der Waals surface area contributed by atoms with Gasteiger partial charge >= 0.3 is 0 Å². The van der Waals surface area contributed by atoms with Crippen LogP contribution in [0.15, 0.2) is 60.8 Å². The molecule has 0 fully saturated rings. The van der Waals surface area contributed by atoms with Crippen LogP contribution in [0.2, 0.25) is 5.02 Å². The maximum atomic E-state index is 12.2. The zero-order chi connectivity index (χ0) is 21.8. The largest absolute Gasteiger partial charge is 0.368 e. The Kier molecular flexibility index (Phi) is 6.13. The molecular formula is C23H23ClN6O. The molecule has 0 saturated carbocycles. The summed E-state index contributed by atoms with van der Waals surface area (Å²) in [5.41, 5.74) is 2.08. The van der Waals surface area contributed by atoms with Crippen LogP contribution in [0.1, 0.15) is 35.9 Å². The Morgan fingerprint density at radius 1 is 1.03 bits per heavy atom. The number of amides is 1. The molecule has 0 unspecified atom stereocenters. The second-order valence-corrected chi connectivity index (χ2v) is 7.79. The predicted octanol–water partition coefficient (Wildman–Crippen LogP) is 4.43. The Balaban J connectivity index is 1.56. The predicted molar refractivity (Wildman–Crippen MR) is 123 cm³/mol. The van der Waals surface area contributed by atoms with Crippen LogP contribution in [0, 0.1) is 0 Å². The number of nitrogens with zero attached hydrogens (tertiary/aromatic N) is 4. The molecule has 0 saturated heterocycles. The van der Waals surface area contributed by atoms with E-state index in [2.05, 4.69) is 20.7 Å². The van der Waals surface area contributed by atoms with E-state index in [1.165, 1.54) is 0 Å². The molecule has 1 amide bonds. The van der Waals surface area contributed by atoms with E-state index in [4.69, 9.17) is 16.6 Å². The van der Waals surface area contributed by atoms with E-state index in [9.17, 15) is 4.79 Å².